The summed E-state index contributed by atoms with van der Waals surface area (Å²) in [6.45, 7) is 7.48. The fourth-order valence-electron chi connectivity index (χ4n) is 3.21. The number of amides is 1. The van der Waals surface area contributed by atoms with Gasteiger partial charge >= 0.3 is 0 Å². The van der Waals surface area contributed by atoms with E-state index in [0.717, 1.165) is 36.7 Å². The molecule has 26 heavy (non-hydrogen) atoms. The van der Waals surface area contributed by atoms with Crippen LogP contribution in [0.5, 0.6) is 11.5 Å². The molecule has 7 nitrogen and oxygen atoms in total. The number of hydrogen-bond donors (Lipinski definition) is 0. The molecule has 1 fully saturated rings. The maximum absolute atomic E-state index is 12.9. The largest absolute Gasteiger partial charge is 0.496 e. The Kier molecular flexibility index (Phi) is 5.46. The predicted octanol–water partition coefficient (Wildman–Crippen LogP) is 2.27. The van der Waals surface area contributed by atoms with Crippen molar-refractivity contribution in [2.24, 2.45) is 0 Å². The van der Waals surface area contributed by atoms with Gasteiger partial charge < -0.3 is 18.9 Å². The molecule has 0 bridgehead atoms. The molecule has 0 aliphatic carbocycles. The van der Waals surface area contributed by atoms with Gasteiger partial charge in [-0.25, -0.2) is 0 Å². The molecule has 0 N–H and O–H groups in total. The highest BCUT2D eigenvalue weighted by Crippen LogP contribution is 2.30. The molecule has 1 aliphatic rings. The van der Waals surface area contributed by atoms with Crippen LogP contribution in [-0.2, 0) is 6.54 Å². The highest BCUT2D eigenvalue weighted by Gasteiger charge is 2.24. The number of carbonyl (C=O) groups is 1. The third-order valence-electron chi connectivity index (χ3n) is 4.71. The van der Waals surface area contributed by atoms with E-state index in [9.17, 15) is 4.79 Å². The van der Waals surface area contributed by atoms with Crippen molar-refractivity contribution in [3.63, 3.8) is 0 Å². The third kappa shape index (κ3) is 3.83. The van der Waals surface area contributed by atoms with E-state index in [0.29, 0.717) is 30.2 Å². The molecule has 0 atom stereocenters. The molecule has 0 unspecified atom stereocenters. The maximum atomic E-state index is 12.9. The Balaban J connectivity index is 1.65. The second-order valence-corrected chi connectivity index (χ2v) is 6.51. The van der Waals surface area contributed by atoms with Crippen LogP contribution in [0.1, 0.15) is 27.4 Å². The van der Waals surface area contributed by atoms with E-state index in [1.54, 1.807) is 26.4 Å². The fraction of sp³-hybridized carbons (Fsp3) is 0.474. The Labute approximate surface area is 153 Å². The maximum Gasteiger partial charge on any atom is 0.254 e. The van der Waals surface area contributed by atoms with E-state index in [4.69, 9.17) is 14.0 Å². The number of piperazine rings is 1. The minimum atomic E-state index is -0.00300. The lowest BCUT2D eigenvalue weighted by atomic mass is 10.1. The number of carbonyl (C=O) groups excluding carboxylic acids is 1. The summed E-state index contributed by atoms with van der Waals surface area (Å²) in [6, 6.07) is 5.51. The lowest BCUT2D eigenvalue weighted by molar-refractivity contribution is 0.0616. The van der Waals surface area contributed by atoms with Crippen LogP contribution in [-0.4, -0.2) is 61.3 Å². The van der Waals surface area contributed by atoms with Gasteiger partial charge in [0.25, 0.3) is 5.91 Å². The second kappa shape index (κ2) is 7.78. The van der Waals surface area contributed by atoms with Crippen molar-refractivity contribution in [1.29, 1.82) is 0 Å². The van der Waals surface area contributed by atoms with Gasteiger partial charge in [-0.1, -0.05) is 5.16 Å². The molecular formula is C19H25N3O4. The molecule has 1 aromatic carbocycles. The number of aromatic nitrogens is 1. The van der Waals surface area contributed by atoms with Crippen molar-refractivity contribution in [1.82, 2.24) is 15.0 Å². The molecule has 1 aromatic heterocycles. The molecule has 7 heteroatoms. The topological polar surface area (TPSA) is 68.0 Å². The van der Waals surface area contributed by atoms with Gasteiger partial charge in [-0.3, -0.25) is 9.69 Å². The first-order chi connectivity index (χ1) is 12.5. The molecule has 1 saturated heterocycles. The van der Waals surface area contributed by atoms with Gasteiger partial charge in [0.15, 0.2) is 5.76 Å². The van der Waals surface area contributed by atoms with Gasteiger partial charge in [0, 0.05) is 43.4 Å². The quantitative estimate of drug-likeness (QED) is 0.816. The summed E-state index contributed by atoms with van der Waals surface area (Å²) in [5.41, 5.74) is 2.36. The first kappa shape index (κ1) is 18.3. The zero-order valence-corrected chi connectivity index (χ0v) is 15.7. The highest BCUT2D eigenvalue weighted by molar-refractivity contribution is 5.95. The molecule has 2 heterocycles. The monoisotopic (exact) mass is 359 g/mol. The number of rotatable bonds is 5. The van der Waals surface area contributed by atoms with Crippen LogP contribution >= 0.6 is 0 Å². The van der Waals surface area contributed by atoms with Crippen LogP contribution in [0.4, 0.5) is 0 Å². The minimum Gasteiger partial charge on any atom is -0.496 e. The van der Waals surface area contributed by atoms with Crippen molar-refractivity contribution >= 4 is 5.91 Å². The zero-order chi connectivity index (χ0) is 18.7. The second-order valence-electron chi connectivity index (χ2n) is 6.51. The van der Waals surface area contributed by atoms with Crippen LogP contribution < -0.4 is 9.47 Å². The summed E-state index contributed by atoms with van der Waals surface area (Å²) in [5, 5.41) is 3.91. The molecule has 1 amide bonds. The van der Waals surface area contributed by atoms with E-state index in [1.807, 2.05) is 24.8 Å². The molecular weight excluding hydrogens is 334 g/mol. The summed E-state index contributed by atoms with van der Waals surface area (Å²) in [5.74, 6) is 2.17. The van der Waals surface area contributed by atoms with Gasteiger partial charge in [0.05, 0.1) is 26.5 Å². The van der Waals surface area contributed by atoms with E-state index in [1.165, 1.54) is 0 Å². The SMILES string of the molecule is COc1cc(C(=O)N2CCN(Cc3cc(C)no3)CC2)cc(OC)c1C. The first-order valence-electron chi connectivity index (χ1n) is 8.68. The Morgan fingerprint density at radius 2 is 1.69 bits per heavy atom. The highest BCUT2D eigenvalue weighted by atomic mass is 16.5. The molecule has 1 aliphatic heterocycles. The van der Waals surface area contributed by atoms with Gasteiger partial charge in [0.2, 0.25) is 0 Å². The Hall–Kier alpha value is -2.54. The predicted molar refractivity (Wildman–Crippen MR) is 96.7 cm³/mol. The van der Waals surface area contributed by atoms with Crippen LogP contribution in [0.25, 0.3) is 0 Å². The lowest BCUT2D eigenvalue weighted by Crippen LogP contribution is -2.48. The van der Waals surface area contributed by atoms with Crippen molar-refractivity contribution in [2.75, 3.05) is 40.4 Å². The summed E-state index contributed by atoms with van der Waals surface area (Å²) < 4.78 is 16.0. The average molecular weight is 359 g/mol. The van der Waals surface area contributed by atoms with Crippen LogP contribution in [0.3, 0.4) is 0 Å². The fourth-order valence-corrected chi connectivity index (χ4v) is 3.21. The number of ether oxygens (including phenoxy) is 2. The van der Waals surface area contributed by atoms with Crippen LogP contribution in [0, 0.1) is 13.8 Å². The van der Waals surface area contributed by atoms with E-state index >= 15 is 0 Å². The summed E-state index contributed by atoms with van der Waals surface area (Å²) in [6.07, 6.45) is 0. The van der Waals surface area contributed by atoms with Crippen LogP contribution in [0.2, 0.25) is 0 Å². The number of nitrogens with zero attached hydrogens (tertiary/aromatic N) is 3. The lowest BCUT2D eigenvalue weighted by Gasteiger charge is -2.34. The number of aryl methyl sites for hydroxylation is 1. The number of hydrogen-bond acceptors (Lipinski definition) is 6. The molecule has 0 saturated carbocycles. The molecule has 140 valence electrons. The average Bonchev–Trinajstić information content (AvgIpc) is 3.06. The molecule has 3 rings (SSSR count). The minimum absolute atomic E-state index is 0.00300. The third-order valence-corrected chi connectivity index (χ3v) is 4.71. The smallest absolute Gasteiger partial charge is 0.254 e. The summed E-state index contributed by atoms with van der Waals surface area (Å²) in [4.78, 5) is 17.0. The van der Waals surface area contributed by atoms with E-state index < -0.39 is 0 Å². The van der Waals surface area contributed by atoms with Gasteiger partial charge in [0.1, 0.15) is 11.5 Å². The van der Waals surface area contributed by atoms with Gasteiger partial charge in [-0.2, -0.15) is 0 Å². The Bertz CT molecular complexity index is 754. The first-order valence-corrected chi connectivity index (χ1v) is 8.68. The van der Waals surface area contributed by atoms with Crippen molar-refractivity contribution in [3.05, 3.63) is 40.8 Å². The zero-order valence-electron chi connectivity index (χ0n) is 15.7. The molecule has 0 radical (unpaired) electrons. The van der Waals surface area contributed by atoms with Crippen molar-refractivity contribution < 1.29 is 18.8 Å². The van der Waals surface area contributed by atoms with Gasteiger partial charge in [-0.15, -0.1) is 0 Å². The number of benzene rings is 1. The van der Waals surface area contributed by atoms with E-state index in [-0.39, 0.29) is 5.91 Å². The molecule has 2 aromatic rings. The van der Waals surface area contributed by atoms with Gasteiger partial charge in [-0.05, 0) is 26.0 Å². The Morgan fingerprint density at radius 3 is 2.19 bits per heavy atom. The van der Waals surface area contributed by atoms with Crippen LogP contribution in [0.15, 0.2) is 22.7 Å². The molecule has 0 spiro atoms. The normalized spacial score (nSPS) is 15.2. The summed E-state index contributed by atoms with van der Waals surface area (Å²) in [7, 11) is 3.19. The number of methoxy groups -OCH3 is 2. The Morgan fingerprint density at radius 1 is 1.08 bits per heavy atom. The van der Waals surface area contributed by atoms with E-state index in [2.05, 4.69) is 10.1 Å². The standard InChI is InChI=1S/C19H25N3O4/c1-13-9-16(26-20-13)12-21-5-7-22(8-6-21)19(23)15-10-17(24-3)14(2)18(11-15)25-4/h9-11H,5-8,12H2,1-4H3. The van der Waals surface area contributed by atoms with Crippen molar-refractivity contribution in [3.8, 4) is 11.5 Å². The summed E-state index contributed by atoms with van der Waals surface area (Å²) >= 11 is 0. The van der Waals surface area contributed by atoms with Crippen molar-refractivity contribution in [2.45, 2.75) is 20.4 Å².